The summed E-state index contributed by atoms with van der Waals surface area (Å²) in [6, 6.07) is 3.19. The number of pyridine rings is 1. The maximum Gasteiger partial charge on any atom is 0.303 e. The van der Waals surface area contributed by atoms with Gasteiger partial charge in [0.15, 0.2) is 0 Å². The molecule has 0 saturated heterocycles. The monoisotopic (exact) mass is 312 g/mol. The molecule has 2 N–H and O–H groups in total. The molecule has 0 aliphatic carbocycles. The van der Waals surface area contributed by atoms with E-state index in [-0.39, 0.29) is 18.2 Å². The van der Waals surface area contributed by atoms with E-state index in [0.29, 0.717) is 29.6 Å². The largest absolute Gasteiger partial charge is 0.481 e. The number of hydrogen-bond donors (Lipinski definition) is 2. The minimum Gasteiger partial charge on any atom is -0.481 e. The summed E-state index contributed by atoms with van der Waals surface area (Å²) in [6.07, 6.45) is 2.97. The van der Waals surface area contributed by atoms with Gasteiger partial charge in [0.1, 0.15) is 5.69 Å². The number of hydrogen-bond acceptors (Lipinski definition) is 3. The molecule has 0 saturated carbocycles. The molecule has 1 aromatic rings. The Morgan fingerprint density at radius 2 is 2.05 bits per heavy atom. The van der Waals surface area contributed by atoms with Crippen LogP contribution in [-0.2, 0) is 4.79 Å². The summed E-state index contributed by atoms with van der Waals surface area (Å²) in [5.41, 5.74) is 0.325. The van der Waals surface area contributed by atoms with E-state index in [4.69, 9.17) is 16.7 Å². The highest BCUT2D eigenvalue weighted by molar-refractivity contribution is 6.30. The SMILES string of the molecule is CC(C)C(CCNC(=O)c1ccc(Cl)cn1)CCC(=O)O. The van der Waals surface area contributed by atoms with Gasteiger partial charge in [-0.1, -0.05) is 25.4 Å². The van der Waals surface area contributed by atoms with Crippen molar-refractivity contribution in [2.75, 3.05) is 6.54 Å². The van der Waals surface area contributed by atoms with Gasteiger partial charge in [-0.2, -0.15) is 0 Å². The van der Waals surface area contributed by atoms with Crippen LogP contribution in [0.3, 0.4) is 0 Å². The van der Waals surface area contributed by atoms with Crippen LogP contribution in [0.5, 0.6) is 0 Å². The van der Waals surface area contributed by atoms with Crippen LogP contribution in [-0.4, -0.2) is 28.5 Å². The molecular formula is C15H21ClN2O3. The number of nitrogens with one attached hydrogen (secondary N) is 1. The van der Waals surface area contributed by atoms with Crippen LogP contribution >= 0.6 is 11.6 Å². The van der Waals surface area contributed by atoms with E-state index in [9.17, 15) is 9.59 Å². The molecule has 0 bridgehead atoms. The predicted molar refractivity (Wildman–Crippen MR) is 81.4 cm³/mol. The maximum absolute atomic E-state index is 11.9. The van der Waals surface area contributed by atoms with E-state index >= 15 is 0 Å². The van der Waals surface area contributed by atoms with Crippen molar-refractivity contribution in [2.45, 2.75) is 33.1 Å². The molecule has 0 aliphatic rings. The smallest absolute Gasteiger partial charge is 0.303 e. The van der Waals surface area contributed by atoms with Gasteiger partial charge >= 0.3 is 5.97 Å². The molecule has 1 heterocycles. The Morgan fingerprint density at radius 3 is 2.57 bits per heavy atom. The Bertz CT molecular complexity index is 474. The van der Waals surface area contributed by atoms with E-state index in [1.54, 1.807) is 12.1 Å². The van der Waals surface area contributed by atoms with E-state index in [1.165, 1.54) is 6.20 Å². The number of carboxylic acid groups (broad SMARTS) is 1. The van der Waals surface area contributed by atoms with Crippen LogP contribution in [0.1, 0.15) is 43.6 Å². The van der Waals surface area contributed by atoms with Crippen LogP contribution in [0.25, 0.3) is 0 Å². The number of rotatable bonds is 8. The van der Waals surface area contributed by atoms with Crippen molar-refractivity contribution in [2.24, 2.45) is 11.8 Å². The molecule has 21 heavy (non-hydrogen) atoms. The highest BCUT2D eigenvalue weighted by Crippen LogP contribution is 2.20. The maximum atomic E-state index is 11.9. The third-order valence-corrected chi connectivity index (χ3v) is 3.66. The van der Waals surface area contributed by atoms with Gasteiger partial charge < -0.3 is 10.4 Å². The van der Waals surface area contributed by atoms with Gasteiger partial charge in [-0.15, -0.1) is 0 Å². The average Bonchev–Trinajstić information content (AvgIpc) is 2.42. The number of amides is 1. The third-order valence-electron chi connectivity index (χ3n) is 3.43. The molecule has 116 valence electrons. The molecule has 0 aromatic carbocycles. The molecule has 0 radical (unpaired) electrons. The van der Waals surface area contributed by atoms with Crippen molar-refractivity contribution in [3.8, 4) is 0 Å². The first-order valence-corrected chi connectivity index (χ1v) is 7.39. The number of nitrogens with zero attached hydrogens (tertiary/aromatic N) is 1. The van der Waals surface area contributed by atoms with Gasteiger partial charge in [0, 0.05) is 19.2 Å². The summed E-state index contributed by atoms with van der Waals surface area (Å²) < 4.78 is 0. The number of carboxylic acids is 1. The molecular weight excluding hydrogens is 292 g/mol. The number of carbonyl (C=O) groups excluding carboxylic acids is 1. The second-order valence-corrected chi connectivity index (χ2v) is 5.78. The number of aromatic nitrogens is 1. The van der Waals surface area contributed by atoms with Crippen LogP contribution in [0, 0.1) is 11.8 Å². The molecule has 1 rings (SSSR count). The van der Waals surface area contributed by atoms with Crippen LogP contribution in [0.15, 0.2) is 18.3 Å². The van der Waals surface area contributed by atoms with Crippen molar-refractivity contribution in [3.05, 3.63) is 29.0 Å². The van der Waals surface area contributed by atoms with Gasteiger partial charge in [0.05, 0.1) is 5.02 Å². The summed E-state index contributed by atoms with van der Waals surface area (Å²) in [4.78, 5) is 26.4. The Morgan fingerprint density at radius 1 is 1.33 bits per heavy atom. The topological polar surface area (TPSA) is 79.3 Å². The van der Waals surface area contributed by atoms with Crippen molar-refractivity contribution in [1.29, 1.82) is 0 Å². The molecule has 1 unspecified atom stereocenters. The van der Waals surface area contributed by atoms with E-state index in [1.807, 2.05) is 0 Å². The summed E-state index contributed by atoms with van der Waals surface area (Å²) >= 11 is 5.72. The minimum absolute atomic E-state index is 0.162. The number of carbonyl (C=O) groups is 2. The zero-order chi connectivity index (χ0) is 15.8. The third kappa shape index (κ3) is 6.58. The molecule has 1 aromatic heterocycles. The zero-order valence-corrected chi connectivity index (χ0v) is 13.1. The van der Waals surface area contributed by atoms with Crippen LogP contribution < -0.4 is 5.32 Å². The van der Waals surface area contributed by atoms with Crippen molar-refractivity contribution < 1.29 is 14.7 Å². The standard InChI is InChI=1S/C15H21ClN2O3/c1-10(2)11(3-6-14(19)20)7-8-17-15(21)13-5-4-12(16)9-18-13/h4-5,9-11H,3,6-8H2,1-2H3,(H,17,21)(H,19,20). The molecule has 0 fully saturated rings. The normalized spacial score (nSPS) is 12.2. The molecule has 5 nitrogen and oxygen atoms in total. The van der Waals surface area contributed by atoms with E-state index < -0.39 is 5.97 Å². The molecule has 0 aliphatic heterocycles. The Hall–Kier alpha value is -1.62. The zero-order valence-electron chi connectivity index (χ0n) is 12.3. The second kappa shape index (κ2) is 8.62. The summed E-state index contributed by atoms with van der Waals surface area (Å²) in [7, 11) is 0. The summed E-state index contributed by atoms with van der Waals surface area (Å²) in [6.45, 7) is 4.63. The van der Waals surface area contributed by atoms with Crippen molar-refractivity contribution in [3.63, 3.8) is 0 Å². The van der Waals surface area contributed by atoms with E-state index in [0.717, 1.165) is 6.42 Å². The Balaban J connectivity index is 2.40. The molecule has 6 heteroatoms. The first-order chi connectivity index (χ1) is 9.90. The van der Waals surface area contributed by atoms with Gasteiger partial charge in [-0.3, -0.25) is 9.59 Å². The second-order valence-electron chi connectivity index (χ2n) is 5.34. The lowest BCUT2D eigenvalue weighted by Gasteiger charge is -2.20. The summed E-state index contributed by atoms with van der Waals surface area (Å²) in [5, 5.41) is 12.0. The Labute approximate surface area is 129 Å². The number of aliphatic carboxylic acids is 1. The fourth-order valence-electron chi connectivity index (χ4n) is 2.09. The predicted octanol–water partition coefficient (Wildman–Crippen LogP) is 2.99. The number of halogens is 1. The highest BCUT2D eigenvalue weighted by atomic mass is 35.5. The lowest BCUT2D eigenvalue weighted by molar-refractivity contribution is -0.137. The van der Waals surface area contributed by atoms with Gasteiger partial charge in [-0.25, -0.2) is 4.98 Å². The van der Waals surface area contributed by atoms with Gasteiger partial charge in [0.2, 0.25) is 0 Å². The highest BCUT2D eigenvalue weighted by Gasteiger charge is 2.15. The molecule has 0 spiro atoms. The van der Waals surface area contributed by atoms with Crippen LogP contribution in [0.2, 0.25) is 5.02 Å². The fraction of sp³-hybridized carbons (Fsp3) is 0.533. The average molecular weight is 313 g/mol. The van der Waals surface area contributed by atoms with E-state index in [2.05, 4.69) is 24.1 Å². The summed E-state index contributed by atoms with van der Waals surface area (Å²) in [5.74, 6) is -0.364. The molecule has 1 amide bonds. The molecule has 1 atom stereocenters. The lowest BCUT2D eigenvalue weighted by atomic mass is 9.88. The van der Waals surface area contributed by atoms with Crippen molar-refractivity contribution >= 4 is 23.5 Å². The fourth-order valence-corrected chi connectivity index (χ4v) is 2.20. The van der Waals surface area contributed by atoms with Crippen LogP contribution in [0.4, 0.5) is 0 Å². The van der Waals surface area contributed by atoms with Gasteiger partial charge in [-0.05, 0) is 36.8 Å². The Kier molecular flexibility index (Phi) is 7.15. The first kappa shape index (κ1) is 17.4. The lowest BCUT2D eigenvalue weighted by Crippen LogP contribution is -2.27. The van der Waals surface area contributed by atoms with Crippen molar-refractivity contribution in [1.82, 2.24) is 10.3 Å². The van der Waals surface area contributed by atoms with Gasteiger partial charge in [0.25, 0.3) is 5.91 Å². The first-order valence-electron chi connectivity index (χ1n) is 7.01. The quantitative estimate of drug-likeness (QED) is 0.773. The minimum atomic E-state index is -0.782.